The summed E-state index contributed by atoms with van der Waals surface area (Å²) in [6, 6.07) is 13.5. The Bertz CT molecular complexity index is 584. The van der Waals surface area contributed by atoms with E-state index in [0.29, 0.717) is 12.1 Å². The van der Waals surface area contributed by atoms with Crippen molar-refractivity contribution in [1.82, 2.24) is 0 Å². The molecule has 2 aromatic carbocycles. The quantitative estimate of drug-likeness (QED) is 0.825. The summed E-state index contributed by atoms with van der Waals surface area (Å²) in [4.78, 5) is 11.6. The predicted octanol–water partition coefficient (Wildman–Crippen LogP) is 2.22. The SMILES string of the molecule is NC(=O)C(Cc1ccccc1)c1cc(N)ccc1F. The number of nitrogens with two attached hydrogens (primary N) is 2. The van der Waals surface area contributed by atoms with Crippen LogP contribution < -0.4 is 11.5 Å². The summed E-state index contributed by atoms with van der Waals surface area (Å²) < 4.78 is 13.8. The Morgan fingerprint density at radius 1 is 1.16 bits per heavy atom. The van der Waals surface area contributed by atoms with Crippen LogP contribution in [0.5, 0.6) is 0 Å². The summed E-state index contributed by atoms with van der Waals surface area (Å²) >= 11 is 0. The molecule has 1 amide bonds. The number of anilines is 1. The summed E-state index contributed by atoms with van der Waals surface area (Å²) in [7, 11) is 0. The van der Waals surface area contributed by atoms with Gasteiger partial charge in [-0.3, -0.25) is 4.79 Å². The van der Waals surface area contributed by atoms with E-state index in [4.69, 9.17) is 11.5 Å². The topological polar surface area (TPSA) is 69.1 Å². The average Bonchev–Trinajstić information content (AvgIpc) is 2.40. The highest BCUT2D eigenvalue weighted by Gasteiger charge is 2.22. The number of amides is 1. The Morgan fingerprint density at radius 3 is 2.47 bits per heavy atom. The molecule has 98 valence electrons. The molecule has 0 aliphatic heterocycles. The van der Waals surface area contributed by atoms with Crippen molar-refractivity contribution in [3.8, 4) is 0 Å². The van der Waals surface area contributed by atoms with Gasteiger partial charge in [-0.05, 0) is 30.2 Å². The summed E-state index contributed by atoms with van der Waals surface area (Å²) in [5, 5.41) is 0. The van der Waals surface area contributed by atoms with Crippen LogP contribution in [-0.4, -0.2) is 5.91 Å². The summed E-state index contributed by atoms with van der Waals surface area (Å²) in [6.07, 6.45) is 0.358. The van der Waals surface area contributed by atoms with Crippen LogP contribution in [0.2, 0.25) is 0 Å². The fraction of sp³-hybridized carbons (Fsp3) is 0.133. The molecule has 0 aromatic heterocycles. The molecule has 1 unspecified atom stereocenters. The van der Waals surface area contributed by atoms with Gasteiger partial charge in [-0.15, -0.1) is 0 Å². The third-order valence-electron chi connectivity index (χ3n) is 3.02. The van der Waals surface area contributed by atoms with Crippen molar-refractivity contribution in [1.29, 1.82) is 0 Å². The first-order chi connectivity index (χ1) is 9.08. The number of benzene rings is 2. The molecular weight excluding hydrogens is 243 g/mol. The second-order valence-electron chi connectivity index (χ2n) is 4.43. The van der Waals surface area contributed by atoms with E-state index in [0.717, 1.165) is 5.56 Å². The van der Waals surface area contributed by atoms with Crippen LogP contribution in [0.25, 0.3) is 0 Å². The second kappa shape index (κ2) is 5.52. The highest BCUT2D eigenvalue weighted by Crippen LogP contribution is 2.25. The lowest BCUT2D eigenvalue weighted by atomic mass is 9.90. The van der Waals surface area contributed by atoms with Gasteiger partial charge >= 0.3 is 0 Å². The molecule has 19 heavy (non-hydrogen) atoms. The van der Waals surface area contributed by atoms with Gasteiger partial charge in [0, 0.05) is 11.3 Å². The number of carbonyl (C=O) groups is 1. The lowest BCUT2D eigenvalue weighted by molar-refractivity contribution is -0.119. The molecule has 3 nitrogen and oxygen atoms in total. The van der Waals surface area contributed by atoms with Gasteiger partial charge < -0.3 is 11.5 Å². The van der Waals surface area contributed by atoms with E-state index in [-0.39, 0.29) is 5.56 Å². The summed E-state index contributed by atoms with van der Waals surface area (Å²) in [5.74, 6) is -1.74. The molecule has 2 rings (SSSR count). The number of rotatable bonds is 4. The number of hydrogen-bond acceptors (Lipinski definition) is 2. The Kier molecular flexibility index (Phi) is 3.80. The van der Waals surface area contributed by atoms with Crippen LogP contribution in [0, 0.1) is 5.82 Å². The van der Waals surface area contributed by atoms with Crippen molar-refractivity contribution in [2.24, 2.45) is 5.73 Å². The van der Waals surface area contributed by atoms with Crippen molar-refractivity contribution >= 4 is 11.6 Å². The van der Waals surface area contributed by atoms with Crippen LogP contribution in [0.15, 0.2) is 48.5 Å². The lowest BCUT2D eigenvalue weighted by Gasteiger charge is -2.15. The van der Waals surface area contributed by atoms with Gasteiger partial charge in [0.2, 0.25) is 5.91 Å². The third-order valence-corrected chi connectivity index (χ3v) is 3.02. The van der Waals surface area contributed by atoms with E-state index in [9.17, 15) is 9.18 Å². The fourth-order valence-electron chi connectivity index (χ4n) is 2.04. The minimum Gasteiger partial charge on any atom is -0.399 e. The van der Waals surface area contributed by atoms with Crippen LogP contribution >= 0.6 is 0 Å². The van der Waals surface area contributed by atoms with Crippen LogP contribution in [0.1, 0.15) is 17.0 Å². The first-order valence-electron chi connectivity index (χ1n) is 5.96. The Hall–Kier alpha value is -2.36. The minimum absolute atomic E-state index is 0.247. The molecule has 4 heteroatoms. The first-order valence-corrected chi connectivity index (χ1v) is 5.96. The maximum Gasteiger partial charge on any atom is 0.225 e. The number of carbonyl (C=O) groups excluding carboxylic acids is 1. The average molecular weight is 258 g/mol. The zero-order valence-electron chi connectivity index (χ0n) is 10.3. The van der Waals surface area contributed by atoms with E-state index in [1.54, 1.807) is 0 Å². The smallest absolute Gasteiger partial charge is 0.225 e. The molecule has 0 fully saturated rings. The zero-order valence-corrected chi connectivity index (χ0v) is 10.3. The molecule has 1 atom stereocenters. The minimum atomic E-state index is -0.717. The third kappa shape index (κ3) is 3.10. The number of halogens is 1. The monoisotopic (exact) mass is 258 g/mol. The lowest BCUT2D eigenvalue weighted by Crippen LogP contribution is -2.24. The first kappa shape index (κ1) is 13.1. The van der Waals surface area contributed by atoms with E-state index >= 15 is 0 Å². The van der Waals surface area contributed by atoms with Gasteiger partial charge in [-0.1, -0.05) is 30.3 Å². The van der Waals surface area contributed by atoms with Crippen molar-refractivity contribution in [2.75, 3.05) is 5.73 Å². The predicted molar refractivity (Wildman–Crippen MR) is 72.9 cm³/mol. The van der Waals surface area contributed by atoms with Gasteiger partial charge in [0.25, 0.3) is 0 Å². The Morgan fingerprint density at radius 2 is 1.84 bits per heavy atom. The molecule has 0 spiro atoms. The van der Waals surface area contributed by atoms with Gasteiger partial charge in [-0.25, -0.2) is 4.39 Å². The van der Waals surface area contributed by atoms with Gasteiger partial charge in [0.1, 0.15) is 5.82 Å². The molecule has 0 bridgehead atoms. The molecular formula is C15H15FN2O. The van der Waals surface area contributed by atoms with Crippen molar-refractivity contribution in [3.05, 3.63) is 65.5 Å². The maximum absolute atomic E-state index is 13.8. The van der Waals surface area contributed by atoms with E-state index < -0.39 is 17.6 Å². The maximum atomic E-state index is 13.8. The van der Waals surface area contributed by atoms with Crippen LogP contribution in [0.3, 0.4) is 0 Å². The van der Waals surface area contributed by atoms with E-state index in [1.165, 1.54) is 18.2 Å². The largest absolute Gasteiger partial charge is 0.399 e. The molecule has 0 aliphatic rings. The van der Waals surface area contributed by atoms with Crippen molar-refractivity contribution in [2.45, 2.75) is 12.3 Å². The second-order valence-corrected chi connectivity index (χ2v) is 4.43. The van der Waals surface area contributed by atoms with E-state index in [1.807, 2.05) is 30.3 Å². The highest BCUT2D eigenvalue weighted by atomic mass is 19.1. The van der Waals surface area contributed by atoms with Crippen molar-refractivity contribution < 1.29 is 9.18 Å². The molecule has 2 aromatic rings. The van der Waals surface area contributed by atoms with Crippen LogP contribution in [0.4, 0.5) is 10.1 Å². The summed E-state index contributed by atoms with van der Waals surface area (Å²) in [6.45, 7) is 0. The molecule has 0 aliphatic carbocycles. The van der Waals surface area contributed by atoms with Gasteiger partial charge in [0.05, 0.1) is 5.92 Å². The van der Waals surface area contributed by atoms with Crippen LogP contribution in [-0.2, 0) is 11.2 Å². The molecule has 0 heterocycles. The van der Waals surface area contributed by atoms with Crippen molar-refractivity contribution in [3.63, 3.8) is 0 Å². The number of hydrogen-bond donors (Lipinski definition) is 2. The molecule has 0 saturated heterocycles. The Balaban J connectivity index is 2.35. The standard InChI is InChI=1S/C15H15FN2O/c16-14-7-6-11(17)9-12(14)13(15(18)19)8-10-4-2-1-3-5-10/h1-7,9,13H,8,17H2,(H2,18,19). The molecule has 4 N–H and O–H groups in total. The summed E-state index contributed by atoms with van der Waals surface area (Å²) in [5.41, 5.74) is 12.6. The highest BCUT2D eigenvalue weighted by molar-refractivity contribution is 5.82. The molecule has 0 saturated carbocycles. The zero-order chi connectivity index (χ0) is 13.8. The number of nitrogen functional groups attached to an aromatic ring is 1. The van der Waals surface area contributed by atoms with E-state index in [2.05, 4.69) is 0 Å². The molecule has 0 radical (unpaired) electrons. The van der Waals surface area contributed by atoms with Gasteiger partial charge in [0.15, 0.2) is 0 Å². The number of primary amides is 1. The normalized spacial score (nSPS) is 12.1. The Labute approximate surface area is 111 Å². The van der Waals surface area contributed by atoms with Gasteiger partial charge in [-0.2, -0.15) is 0 Å². The fourth-order valence-corrected chi connectivity index (χ4v) is 2.04.